The Morgan fingerprint density at radius 1 is 1.30 bits per heavy atom. The molecule has 1 amide bonds. The average molecular weight is 432 g/mol. The lowest BCUT2D eigenvalue weighted by Crippen LogP contribution is -2.53. The van der Waals surface area contributed by atoms with Gasteiger partial charge in [0.25, 0.3) is 0 Å². The second-order valence-electron chi connectivity index (χ2n) is 5.90. The van der Waals surface area contributed by atoms with Crippen molar-refractivity contribution in [3.05, 3.63) is 24.3 Å². The Balaban J connectivity index is 0.00000364. The molecule has 12 heteroatoms. The summed E-state index contributed by atoms with van der Waals surface area (Å²) in [5.74, 6) is -1.01. The molecule has 1 aliphatic heterocycles. The molecule has 0 radical (unpaired) electrons. The second-order valence-corrected chi connectivity index (χ2v) is 7.67. The number of piperidine rings is 1. The van der Waals surface area contributed by atoms with Crippen LogP contribution in [-0.4, -0.2) is 45.9 Å². The fourth-order valence-electron chi connectivity index (χ4n) is 2.56. The number of hydrogen-bond donors (Lipinski definition) is 3. The number of halogens is 4. The summed E-state index contributed by atoms with van der Waals surface area (Å²) in [7, 11) is -4.03. The summed E-state index contributed by atoms with van der Waals surface area (Å²) < 4.78 is 66.4. The summed E-state index contributed by atoms with van der Waals surface area (Å²) in [6.07, 6.45) is -3.15. The Morgan fingerprint density at radius 2 is 1.93 bits per heavy atom. The van der Waals surface area contributed by atoms with Crippen LogP contribution in [0.1, 0.15) is 19.8 Å². The third-order valence-corrected chi connectivity index (χ3v) is 5.32. The van der Waals surface area contributed by atoms with Gasteiger partial charge in [0, 0.05) is 12.1 Å². The van der Waals surface area contributed by atoms with E-state index < -0.39 is 34.6 Å². The van der Waals surface area contributed by atoms with Crippen LogP contribution < -0.4 is 20.1 Å². The Hall–Kier alpha value is -1.56. The van der Waals surface area contributed by atoms with Crippen LogP contribution in [0.4, 0.5) is 13.2 Å². The zero-order chi connectivity index (χ0) is 19.4. The van der Waals surface area contributed by atoms with Crippen molar-refractivity contribution < 1.29 is 31.1 Å². The van der Waals surface area contributed by atoms with Gasteiger partial charge in [0.2, 0.25) is 15.9 Å². The molecule has 1 heterocycles. The van der Waals surface area contributed by atoms with Crippen LogP contribution in [-0.2, 0) is 14.8 Å². The predicted octanol–water partition coefficient (Wildman–Crippen LogP) is 1.54. The minimum absolute atomic E-state index is 0. The smallest absolute Gasteiger partial charge is 0.406 e. The van der Waals surface area contributed by atoms with Gasteiger partial charge in [0.05, 0.1) is 11.4 Å². The van der Waals surface area contributed by atoms with E-state index in [0.717, 1.165) is 43.7 Å². The number of sulfonamides is 1. The number of benzene rings is 1. The molecule has 154 valence electrons. The summed E-state index contributed by atoms with van der Waals surface area (Å²) >= 11 is 0. The van der Waals surface area contributed by atoms with Crippen molar-refractivity contribution in [2.45, 2.75) is 43.1 Å². The standard InChI is InChI=1S/C15H20F3N3O4S.ClH/c1-10-13(3-2-8-19-10)21-14(22)9-20-26(23,24)12-6-4-11(5-7-12)25-15(16,17)18;/h4-7,10,13,19-20H,2-3,8-9H2,1H3,(H,21,22);1H. The van der Waals surface area contributed by atoms with E-state index in [1.807, 2.05) is 6.92 Å². The predicted molar refractivity (Wildman–Crippen MR) is 94.2 cm³/mol. The van der Waals surface area contributed by atoms with Gasteiger partial charge in [-0.2, -0.15) is 0 Å². The van der Waals surface area contributed by atoms with Gasteiger partial charge in [0.1, 0.15) is 5.75 Å². The van der Waals surface area contributed by atoms with Crippen molar-refractivity contribution in [2.24, 2.45) is 0 Å². The van der Waals surface area contributed by atoms with Crippen molar-refractivity contribution in [2.75, 3.05) is 13.1 Å². The van der Waals surface area contributed by atoms with Crippen molar-refractivity contribution in [3.8, 4) is 5.75 Å². The zero-order valence-corrected chi connectivity index (χ0v) is 16.0. The first kappa shape index (κ1) is 23.5. The highest BCUT2D eigenvalue weighted by Gasteiger charge is 2.31. The minimum atomic E-state index is -4.86. The molecule has 0 bridgehead atoms. The fourth-order valence-corrected chi connectivity index (χ4v) is 3.55. The molecule has 1 saturated heterocycles. The van der Waals surface area contributed by atoms with Gasteiger partial charge in [-0.3, -0.25) is 4.79 Å². The van der Waals surface area contributed by atoms with Gasteiger partial charge in [-0.05, 0) is 50.6 Å². The molecular weight excluding hydrogens is 411 g/mol. The average Bonchev–Trinajstić information content (AvgIpc) is 2.54. The maximum absolute atomic E-state index is 12.1. The first-order valence-electron chi connectivity index (χ1n) is 7.95. The van der Waals surface area contributed by atoms with Crippen molar-refractivity contribution in [1.29, 1.82) is 0 Å². The normalized spacial score (nSPS) is 20.4. The number of alkyl halides is 3. The van der Waals surface area contributed by atoms with Crippen molar-refractivity contribution in [1.82, 2.24) is 15.4 Å². The van der Waals surface area contributed by atoms with Gasteiger partial charge in [-0.1, -0.05) is 0 Å². The van der Waals surface area contributed by atoms with Crippen LogP contribution in [0.5, 0.6) is 5.75 Å². The molecule has 3 N–H and O–H groups in total. The zero-order valence-electron chi connectivity index (χ0n) is 14.4. The molecule has 0 saturated carbocycles. The summed E-state index contributed by atoms with van der Waals surface area (Å²) in [6, 6.07) is 3.71. The summed E-state index contributed by atoms with van der Waals surface area (Å²) in [5, 5.41) is 5.97. The van der Waals surface area contributed by atoms with Gasteiger partial charge >= 0.3 is 6.36 Å². The number of hydrogen-bond acceptors (Lipinski definition) is 5. The molecule has 1 fully saturated rings. The molecular formula is C15H21ClF3N3O4S. The van der Waals surface area contributed by atoms with Gasteiger partial charge < -0.3 is 15.4 Å². The van der Waals surface area contributed by atoms with E-state index >= 15 is 0 Å². The minimum Gasteiger partial charge on any atom is -0.406 e. The number of amides is 1. The number of carbonyl (C=O) groups excluding carboxylic acids is 1. The first-order valence-corrected chi connectivity index (χ1v) is 9.43. The number of nitrogens with one attached hydrogen (secondary N) is 3. The molecule has 1 aromatic rings. The molecule has 0 spiro atoms. The van der Waals surface area contributed by atoms with Crippen LogP contribution in [0.15, 0.2) is 29.2 Å². The highest BCUT2D eigenvalue weighted by Crippen LogP contribution is 2.23. The number of rotatable bonds is 6. The van der Waals surface area contributed by atoms with Gasteiger partial charge in [0.15, 0.2) is 0 Å². The lowest BCUT2D eigenvalue weighted by atomic mass is 10.00. The summed E-state index contributed by atoms with van der Waals surface area (Å²) in [5.41, 5.74) is 0. The van der Waals surface area contributed by atoms with E-state index in [9.17, 15) is 26.4 Å². The van der Waals surface area contributed by atoms with Crippen LogP contribution >= 0.6 is 12.4 Å². The molecule has 1 aliphatic rings. The third-order valence-electron chi connectivity index (χ3n) is 3.90. The van der Waals surface area contributed by atoms with Crippen molar-refractivity contribution >= 4 is 28.3 Å². The Kier molecular flexibility index (Phi) is 8.33. The lowest BCUT2D eigenvalue weighted by Gasteiger charge is -2.30. The van der Waals surface area contributed by atoms with E-state index in [4.69, 9.17) is 0 Å². The molecule has 2 rings (SSSR count). The molecule has 0 aromatic heterocycles. The third kappa shape index (κ3) is 7.53. The topological polar surface area (TPSA) is 96.5 Å². The van der Waals surface area contributed by atoms with Gasteiger partial charge in [-0.25, -0.2) is 13.1 Å². The van der Waals surface area contributed by atoms with Crippen LogP contribution in [0.25, 0.3) is 0 Å². The first-order chi connectivity index (χ1) is 12.1. The molecule has 1 aromatic carbocycles. The molecule has 0 aliphatic carbocycles. The van der Waals surface area contributed by atoms with E-state index in [-0.39, 0.29) is 29.4 Å². The maximum Gasteiger partial charge on any atom is 0.573 e. The quantitative estimate of drug-likeness (QED) is 0.635. The second kappa shape index (κ2) is 9.58. The monoisotopic (exact) mass is 431 g/mol. The summed E-state index contributed by atoms with van der Waals surface area (Å²) in [6.45, 7) is 2.33. The molecule has 2 unspecified atom stereocenters. The van der Waals surface area contributed by atoms with E-state index in [0.29, 0.717) is 0 Å². The number of ether oxygens (including phenoxy) is 1. The highest BCUT2D eigenvalue weighted by atomic mass is 35.5. The van der Waals surface area contributed by atoms with Crippen LogP contribution in [0.2, 0.25) is 0 Å². The van der Waals surface area contributed by atoms with Crippen LogP contribution in [0.3, 0.4) is 0 Å². The van der Waals surface area contributed by atoms with Crippen molar-refractivity contribution in [3.63, 3.8) is 0 Å². The van der Waals surface area contributed by atoms with E-state index in [1.165, 1.54) is 0 Å². The Bertz CT molecular complexity index is 729. The largest absolute Gasteiger partial charge is 0.573 e. The SMILES string of the molecule is CC1NCCCC1NC(=O)CNS(=O)(=O)c1ccc(OC(F)(F)F)cc1.Cl. The Morgan fingerprint density at radius 3 is 2.48 bits per heavy atom. The lowest BCUT2D eigenvalue weighted by molar-refractivity contribution is -0.274. The highest BCUT2D eigenvalue weighted by molar-refractivity contribution is 7.89. The van der Waals surface area contributed by atoms with E-state index in [1.54, 1.807) is 0 Å². The van der Waals surface area contributed by atoms with Gasteiger partial charge in [-0.15, -0.1) is 25.6 Å². The maximum atomic E-state index is 12.1. The Labute approximate surface area is 161 Å². The fraction of sp³-hybridized carbons (Fsp3) is 0.533. The summed E-state index contributed by atoms with van der Waals surface area (Å²) in [4.78, 5) is 11.7. The molecule has 2 atom stereocenters. The molecule has 7 nitrogen and oxygen atoms in total. The molecule has 27 heavy (non-hydrogen) atoms. The van der Waals surface area contributed by atoms with Crippen LogP contribution in [0, 0.1) is 0 Å². The van der Waals surface area contributed by atoms with E-state index in [2.05, 4.69) is 20.1 Å². The number of carbonyl (C=O) groups is 1.